The lowest BCUT2D eigenvalue weighted by molar-refractivity contribution is -0.605. The first-order chi connectivity index (χ1) is 10.6. The normalized spacial score (nSPS) is 12.0. The molecule has 1 aromatic heterocycles. The summed E-state index contributed by atoms with van der Waals surface area (Å²) in [6.07, 6.45) is 2.62. The van der Waals surface area contributed by atoms with E-state index in [1.165, 1.54) is 12.4 Å². The van der Waals surface area contributed by atoms with Gasteiger partial charge in [0.2, 0.25) is 0 Å². The summed E-state index contributed by atoms with van der Waals surface area (Å²) >= 11 is 0. The maximum atomic E-state index is 12.3. The number of fused-ring (bicyclic) bond motifs is 1. The number of carbonyl (C=O) groups is 1. The SMILES string of the molecule is CC(NC(=O)c1ccc[n+]([O-])c1)c1cccc2ccccc12. The molecule has 1 amide bonds. The second kappa shape index (κ2) is 5.85. The summed E-state index contributed by atoms with van der Waals surface area (Å²) in [7, 11) is 0. The van der Waals surface area contributed by atoms with E-state index in [1.807, 2.05) is 49.4 Å². The minimum absolute atomic E-state index is 0.154. The fourth-order valence-corrected chi connectivity index (χ4v) is 2.57. The van der Waals surface area contributed by atoms with Gasteiger partial charge in [0.05, 0.1) is 6.04 Å². The molecule has 0 aliphatic rings. The van der Waals surface area contributed by atoms with E-state index in [4.69, 9.17) is 0 Å². The molecule has 0 fully saturated rings. The average molecular weight is 292 g/mol. The topological polar surface area (TPSA) is 56.0 Å². The first kappa shape index (κ1) is 14.1. The Bertz CT molecular complexity index is 825. The van der Waals surface area contributed by atoms with E-state index in [9.17, 15) is 10.0 Å². The van der Waals surface area contributed by atoms with Gasteiger partial charge in [0.15, 0.2) is 12.4 Å². The van der Waals surface area contributed by atoms with E-state index in [1.54, 1.807) is 12.1 Å². The molecule has 4 nitrogen and oxygen atoms in total. The number of rotatable bonds is 3. The van der Waals surface area contributed by atoms with Gasteiger partial charge in [-0.2, -0.15) is 4.73 Å². The smallest absolute Gasteiger partial charge is 0.257 e. The molecule has 3 rings (SSSR count). The van der Waals surface area contributed by atoms with Gasteiger partial charge in [-0.05, 0) is 29.3 Å². The fourth-order valence-electron chi connectivity index (χ4n) is 2.57. The number of nitrogens with one attached hydrogen (secondary N) is 1. The maximum Gasteiger partial charge on any atom is 0.257 e. The molecule has 0 spiro atoms. The predicted octanol–water partition coefficient (Wildman–Crippen LogP) is 2.96. The fraction of sp³-hybridized carbons (Fsp3) is 0.111. The average Bonchev–Trinajstić information content (AvgIpc) is 2.54. The van der Waals surface area contributed by atoms with Crippen LogP contribution in [0.5, 0.6) is 0 Å². The number of benzene rings is 2. The van der Waals surface area contributed by atoms with Crippen molar-refractivity contribution >= 4 is 16.7 Å². The van der Waals surface area contributed by atoms with Crippen LogP contribution in [-0.4, -0.2) is 5.91 Å². The van der Waals surface area contributed by atoms with Gasteiger partial charge in [-0.3, -0.25) is 4.79 Å². The van der Waals surface area contributed by atoms with Gasteiger partial charge in [-0.25, -0.2) is 0 Å². The van der Waals surface area contributed by atoms with Crippen LogP contribution in [0, 0.1) is 5.21 Å². The van der Waals surface area contributed by atoms with E-state index >= 15 is 0 Å². The van der Waals surface area contributed by atoms with Crippen molar-refractivity contribution in [2.45, 2.75) is 13.0 Å². The van der Waals surface area contributed by atoms with Gasteiger partial charge < -0.3 is 10.5 Å². The molecule has 0 aliphatic heterocycles. The van der Waals surface area contributed by atoms with E-state index in [2.05, 4.69) is 5.32 Å². The summed E-state index contributed by atoms with van der Waals surface area (Å²) in [6.45, 7) is 1.94. The molecule has 3 aromatic rings. The highest BCUT2D eigenvalue weighted by Crippen LogP contribution is 2.24. The maximum absolute atomic E-state index is 12.3. The van der Waals surface area contributed by atoms with E-state index in [0.717, 1.165) is 16.3 Å². The van der Waals surface area contributed by atoms with Gasteiger partial charge in [-0.1, -0.05) is 42.5 Å². The Balaban J connectivity index is 1.87. The molecular formula is C18H16N2O2. The largest absolute Gasteiger partial charge is 0.619 e. The lowest BCUT2D eigenvalue weighted by Crippen LogP contribution is -2.31. The summed E-state index contributed by atoms with van der Waals surface area (Å²) in [5, 5.41) is 16.5. The zero-order valence-electron chi connectivity index (χ0n) is 12.2. The molecule has 22 heavy (non-hydrogen) atoms. The van der Waals surface area contributed by atoms with E-state index in [0.29, 0.717) is 10.3 Å². The number of amides is 1. The third kappa shape index (κ3) is 2.76. The number of nitrogens with zero attached hydrogens (tertiary/aromatic N) is 1. The molecular weight excluding hydrogens is 276 g/mol. The van der Waals surface area contributed by atoms with Gasteiger partial charge in [-0.15, -0.1) is 0 Å². The molecule has 1 unspecified atom stereocenters. The van der Waals surface area contributed by atoms with Crippen molar-refractivity contribution in [2.75, 3.05) is 0 Å². The summed E-state index contributed by atoms with van der Waals surface area (Å²) in [5.74, 6) is -0.259. The molecule has 1 heterocycles. The van der Waals surface area contributed by atoms with Crippen molar-refractivity contribution in [3.8, 4) is 0 Å². The third-order valence-corrected chi connectivity index (χ3v) is 3.67. The molecule has 4 heteroatoms. The number of hydrogen-bond acceptors (Lipinski definition) is 2. The van der Waals surface area contributed by atoms with Crippen LogP contribution in [0.1, 0.15) is 28.9 Å². The minimum atomic E-state index is -0.259. The Labute approximate surface area is 128 Å². The summed E-state index contributed by atoms with van der Waals surface area (Å²) in [4.78, 5) is 12.3. The third-order valence-electron chi connectivity index (χ3n) is 3.67. The molecule has 0 radical (unpaired) electrons. The van der Waals surface area contributed by atoms with Gasteiger partial charge >= 0.3 is 0 Å². The van der Waals surface area contributed by atoms with Crippen molar-refractivity contribution in [1.82, 2.24) is 5.32 Å². The molecule has 0 saturated carbocycles. The molecule has 1 atom stereocenters. The van der Waals surface area contributed by atoms with E-state index < -0.39 is 0 Å². The Hall–Kier alpha value is -2.88. The van der Waals surface area contributed by atoms with Crippen molar-refractivity contribution < 1.29 is 9.52 Å². The molecule has 0 aliphatic carbocycles. The van der Waals surface area contributed by atoms with Crippen molar-refractivity contribution in [2.24, 2.45) is 0 Å². The Morgan fingerprint density at radius 2 is 1.86 bits per heavy atom. The zero-order chi connectivity index (χ0) is 15.5. The van der Waals surface area contributed by atoms with Crippen molar-refractivity contribution in [1.29, 1.82) is 0 Å². The Morgan fingerprint density at radius 3 is 2.68 bits per heavy atom. The van der Waals surface area contributed by atoms with Crippen LogP contribution in [0.3, 0.4) is 0 Å². The molecule has 0 bridgehead atoms. The Kier molecular flexibility index (Phi) is 3.74. The lowest BCUT2D eigenvalue weighted by atomic mass is 9.99. The monoisotopic (exact) mass is 292 g/mol. The molecule has 1 N–H and O–H groups in total. The number of carbonyl (C=O) groups excluding carboxylic acids is 1. The van der Waals surface area contributed by atoms with Crippen LogP contribution in [0.15, 0.2) is 67.0 Å². The number of hydrogen-bond donors (Lipinski definition) is 1. The lowest BCUT2D eigenvalue weighted by Gasteiger charge is -2.16. The first-order valence-electron chi connectivity index (χ1n) is 7.12. The highest BCUT2D eigenvalue weighted by Gasteiger charge is 2.15. The summed E-state index contributed by atoms with van der Waals surface area (Å²) < 4.78 is 0.623. The van der Waals surface area contributed by atoms with Gasteiger partial charge in [0.25, 0.3) is 5.91 Å². The van der Waals surface area contributed by atoms with Crippen LogP contribution < -0.4 is 10.0 Å². The zero-order valence-corrected chi connectivity index (χ0v) is 12.2. The first-order valence-corrected chi connectivity index (χ1v) is 7.12. The molecule has 110 valence electrons. The summed E-state index contributed by atoms with van der Waals surface area (Å²) in [5.41, 5.74) is 1.40. The number of pyridine rings is 1. The minimum Gasteiger partial charge on any atom is -0.619 e. The van der Waals surface area contributed by atoms with Crippen LogP contribution in [-0.2, 0) is 0 Å². The van der Waals surface area contributed by atoms with Gasteiger partial charge in [0, 0.05) is 6.07 Å². The van der Waals surface area contributed by atoms with Crippen LogP contribution in [0.2, 0.25) is 0 Å². The quantitative estimate of drug-likeness (QED) is 0.596. The van der Waals surface area contributed by atoms with Gasteiger partial charge in [0.1, 0.15) is 5.56 Å². The van der Waals surface area contributed by atoms with Crippen LogP contribution >= 0.6 is 0 Å². The molecule has 2 aromatic carbocycles. The highest BCUT2D eigenvalue weighted by atomic mass is 16.5. The Morgan fingerprint density at radius 1 is 1.09 bits per heavy atom. The molecule has 0 saturated heterocycles. The van der Waals surface area contributed by atoms with E-state index in [-0.39, 0.29) is 11.9 Å². The second-order valence-corrected chi connectivity index (χ2v) is 5.22. The standard InChI is InChI=1S/C18H16N2O2/c1-13(19-18(21)15-8-5-11-20(22)12-15)16-10-4-7-14-6-2-3-9-17(14)16/h2-13H,1H3,(H,19,21). The predicted molar refractivity (Wildman–Crippen MR) is 85.2 cm³/mol. The highest BCUT2D eigenvalue weighted by molar-refractivity contribution is 5.94. The van der Waals surface area contributed by atoms with Crippen LogP contribution in [0.4, 0.5) is 0 Å². The number of aromatic nitrogens is 1. The summed E-state index contributed by atoms with van der Waals surface area (Å²) in [6, 6.07) is 17.1. The van der Waals surface area contributed by atoms with Crippen molar-refractivity contribution in [3.05, 3.63) is 83.3 Å². The second-order valence-electron chi connectivity index (χ2n) is 5.22. The van der Waals surface area contributed by atoms with Crippen LogP contribution in [0.25, 0.3) is 10.8 Å². The van der Waals surface area contributed by atoms with Crippen molar-refractivity contribution in [3.63, 3.8) is 0 Å².